The Bertz CT molecular complexity index is 520. The molecule has 0 aliphatic carbocycles. The molecule has 0 bridgehead atoms. The van der Waals surface area contributed by atoms with Crippen molar-refractivity contribution >= 4 is 35.0 Å². The molecule has 114 valence electrons. The summed E-state index contributed by atoms with van der Waals surface area (Å²) in [5.74, 6) is -0.714. The van der Waals surface area contributed by atoms with Crippen LogP contribution in [0, 0.1) is 10.1 Å². The monoisotopic (exact) mass is 313 g/mol. The molecular formula is C12H15N3O5S. The van der Waals surface area contributed by atoms with Gasteiger partial charge < -0.3 is 16.2 Å². The zero-order chi connectivity index (χ0) is 15.8. The van der Waals surface area contributed by atoms with E-state index < -0.39 is 16.9 Å². The Hall–Kier alpha value is -2.13. The summed E-state index contributed by atoms with van der Waals surface area (Å²) >= 11 is 1.27. The first-order valence-corrected chi connectivity index (χ1v) is 7.16. The number of nitro benzene ring substituents is 1. The molecule has 0 aromatic heterocycles. The van der Waals surface area contributed by atoms with Gasteiger partial charge in [-0.05, 0) is 24.3 Å². The summed E-state index contributed by atoms with van der Waals surface area (Å²) in [6, 6.07) is 4.57. The number of nitrogens with one attached hydrogen (secondary N) is 1. The van der Waals surface area contributed by atoms with Crippen molar-refractivity contribution < 1.29 is 19.6 Å². The van der Waals surface area contributed by atoms with Crippen molar-refractivity contribution in [2.45, 2.75) is 12.5 Å². The molecule has 0 saturated heterocycles. The summed E-state index contributed by atoms with van der Waals surface area (Å²) < 4.78 is 0. The Morgan fingerprint density at radius 1 is 1.38 bits per heavy atom. The molecule has 0 radical (unpaired) electrons. The first-order chi connectivity index (χ1) is 9.90. The minimum absolute atomic E-state index is 0.0509. The summed E-state index contributed by atoms with van der Waals surface area (Å²) in [4.78, 5) is 32.0. The lowest BCUT2D eigenvalue weighted by Gasteiger charge is -2.07. The van der Waals surface area contributed by atoms with Gasteiger partial charge in [-0.15, -0.1) is 0 Å². The number of carboxylic acid groups (broad SMARTS) is 1. The normalized spacial score (nSPS) is 11.7. The van der Waals surface area contributed by atoms with Crippen LogP contribution in [0.4, 0.5) is 11.4 Å². The molecule has 4 N–H and O–H groups in total. The maximum absolute atomic E-state index is 11.6. The first-order valence-electron chi connectivity index (χ1n) is 6.00. The van der Waals surface area contributed by atoms with Crippen LogP contribution in [0.2, 0.25) is 0 Å². The third-order valence-corrected chi connectivity index (χ3v) is 3.48. The molecule has 1 aromatic carbocycles. The van der Waals surface area contributed by atoms with Crippen LogP contribution in [0.3, 0.4) is 0 Å². The van der Waals surface area contributed by atoms with E-state index in [0.717, 1.165) is 0 Å². The summed E-state index contributed by atoms with van der Waals surface area (Å²) in [7, 11) is 0. The molecule has 1 aromatic rings. The molecule has 0 aliphatic heterocycles. The standard InChI is InChI=1S/C12H15N3O5S/c13-10(12(17)18)5-6-21-7-11(16)14-8-1-3-9(4-2-8)15(19)20/h1-4,10H,5-7,13H2,(H,14,16)(H,17,18). The molecule has 1 amide bonds. The van der Waals surface area contributed by atoms with Crippen LogP contribution in [0.5, 0.6) is 0 Å². The van der Waals surface area contributed by atoms with Gasteiger partial charge in [0.1, 0.15) is 6.04 Å². The van der Waals surface area contributed by atoms with Gasteiger partial charge in [-0.3, -0.25) is 19.7 Å². The van der Waals surface area contributed by atoms with E-state index >= 15 is 0 Å². The van der Waals surface area contributed by atoms with Crippen molar-refractivity contribution in [2.75, 3.05) is 16.8 Å². The van der Waals surface area contributed by atoms with E-state index in [-0.39, 0.29) is 23.8 Å². The number of benzene rings is 1. The van der Waals surface area contributed by atoms with E-state index in [1.807, 2.05) is 0 Å². The fourth-order valence-corrected chi connectivity index (χ4v) is 2.18. The SMILES string of the molecule is NC(CCSCC(=O)Nc1ccc([N+](=O)[O-])cc1)C(=O)O. The predicted molar refractivity (Wildman–Crippen MR) is 79.3 cm³/mol. The van der Waals surface area contributed by atoms with E-state index in [9.17, 15) is 19.7 Å². The second kappa shape index (κ2) is 8.22. The first kappa shape index (κ1) is 16.9. The van der Waals surface area contributed by atoms with Crippen molar-refractivity contribution in [3.8, 4) is 0 Å². The third-order valence-electron chi connectivity index (χ3n) is 2.49. The summed E-state index contributed by atoms with van der Waals surface area (Å²) in [6.07, 6.45) is 0.283. The highest BCUT2D eigenvalue weighted by atomic mass is 32.2. The lowest BCUT2D eigenvalue weighted by Crippen LogP contribution is -2.30. The lowest BCUT2D eigenvalue weighted by molar-refractivity contribution is -0.384. The smallest absolute Gasteiger partial charge is 0.320 e. The number of amides is 1. The molecule has 9 heteroatoms. The predicted octanol–water partition coefficient (Wildman–Crippen LogP) is 1.07. The average Bonchev–Trinajstić information content (AvgIpc) is 2.43. The van der Waals surface area contributed by atoms with Crippen LogP contribution in [0.25, 0.3) is 0 Å². The minimum atomic E-state index is -1.06. The van der Waals surface area contributed by atoms with Crippen LogP contribution >= 0.6 is 11.8 Å². The molecule has 0 fully saturated rings. The molecule has 21 heavy (non-hydrogen) atoms. The van der Waals surface area contributed by atoms with Gasteiger partial charge in [0.15, 0.2) is 0 Å². The van der Waals surface area contributed by atoms with Crippen LogP contribution in [-0.2, 0) is 9.59 Å². The zero-order valence-corrected chi connectivity index (χ0v) is 11.8. The largest absolute Gasteiger partial charge is 0.480 e. The molecular weight excluding hydrogens is 298 g/mol. The van der Waals surface area contributed by atoms with E-state index in [0.29, 0.717) is 11.4 Å². The zero-order valence-electron chi connectivity index (χ0n) is 11.0. The highest BCUT2D eigenvalue weighted by Gasteiger charge is 2.11. The van der Waals surface area contributed by atoms with Crippen LogP contribution in [0.1, 0.15) is 6.42 Å². The molecule has 1 rings (SSSR count). The number of nitrogens with zero attached hydrogens (tertiary/aromatic N) is 1. The fraction of sp³-hybridized carbons (Fsp3) is 0.333. The third kappa shape index (κ3) is 6.23. The lowest BCUT2D eigenvalue weighted by atomic mass is 10.2. The van der Waals surface area contributed by atoms with Gasteiger partial charge in [-0.25, -0.2) is 0 Å². The van der Waals surface area contributed by atoms with Crippen LogP contribution < -0.4 is 11.1 Å². The van der Waals surface area contributed by atoms with E-state index in [1.54, 1.807) is 0 Å². The number of carboxylic acids is 1. The number of rotatable bonds is 8. The highest BCUT2D eigenvalue weighted by molar-refractivity contribution is 7.99. The Kier molecular flexibility index (Phi) is 6.63. The van der Waals surface area contributed by atoms with Crippen molar-refractivity contribution in [3.05, 3.63) is 34.4 Å². The molecule has 0 saturated carbocycles. The second-order valence-electron chi connectivity index (χ2n) is 4.14. The van der Waals surface area contributed by atoms with Gasteiger partial charge in [-0.1, -0.05) is 0 Å². The Balaban J connectivity index is 2.30. The van der Waals surface area contributed by atoms with E-state index in [1.165, 1.54) is 36.0 Å². The van der Waals surface area contributed by atoms with Gasteiger partial charge in [0.2, 0.25) is 5.91 Å². The van der Waals surface area contributed by atoms with Gasteiger partial charge in [0.05, 0.1) is 10.7 Å². The number of hydrogen-bond acceptors (Lipinski definition) is 6. The van der Waals surface area contributed by atoms with Crippen molar-refractivity contribution in [1.29, 1.82) is 0 Å². The summed E-state index contributed by atoms with van der Waals surface area (Å²) in [6.45, 7) is 0. The molecule has 0 aliphatic rings. The number of aliphatic carboxylic acids is 1. The summed E-state index contributed by atoms with van der Waals surface area (Å²) in [5.41, 5.74) is 5.74. The Morgan fingerprint density at radius 3 is 2.52 bits per heavy atom. The number of nitro groups is 1. The quantitative estimate of drug-likeness (QED) is 0.371. The molecule has 0 heterocycles. The van der Waals surface area contributed by atoms with Gasteiger partial charge in [-0.2, -0.15) is 11.8 Å². The van der Waals surface area contributed by atoms with Gasteiger partial charge in [0.25, 0.3) is 5.69 Å². The minimum Gasteiger partial charge on any atom is -0.480 e. The fourth-order valence-electron chi connectivity index (χ4n) is 1.36. The maximum atomic E-state index is 11.6. The number of carbonyl (C=O) groups is 2. The number of nitrogens with two attached hydrogens (primary N) is 1. The second-order valence-corrected chi connectivity index (χ2v) is 5.24. The highest BCUT2D eigenvalue weighted by Crippen LogP contribution is 2.15. The molecule has 8 nitrogen and oxygen atoms in total. The molecule has 1 atom stereocenters. The Morgan fingerprint density at radius 2 is 2.00 bits per heavy atom. The van der Waals surface area contributed by atoms with Crippen molar-refractivity contribution in [1.82, 2.24) is 0 Å². The molecule has 0 spiro atoms. The van der Waals surface area contributed by atoms with E-state index in [2.05, 4.69) is 5.32 Å². The Labute approximate surface area is 124 Å². The van der Waals surface area contributed by atoms with Crippen LogP contribution in [-0.4, -0.2) is 39.5 Å². The topological polar surface area (TPSA) is 136 Å². The number of anilines is 1. The molecule has 1 unspecified atom stereocenters. The number of non-ortho nitro benzene ring substituents is 1. The van der Waals surface area contributed by atoms with E-state index in [4.69, 9.17) is 10.8 Å². The number of hydrogen-bond donors (Lipinski definition) is 3. The number of carbonyl (C=O) groups excluding carboxylic acids is 1. The van der Waals surface area contributed by atoms with Crippen LogP contribution in [0.15, 0.2) is 24.3 Å². The number of thioether (sulfide) groups is 1. The summed E-state index contributed by atoms with van der Waals surface area (Å²) in [5, 5.41) is 21.6. The maximum Gasteiger partial charge on any atom is 0.320 e. The average molecular weight is 313 g/mol. The van der Waals surface area contributed by atoms with Gasteiger partial charge >= 0.3 is 5.97 Å². The van der Waals surface area contributed by atoms with Crippen molar-refractivity contribution in [2.24, 2.45) is 5.73 Å². The van der Waals surface area contributed by atoms with Gasteiger partial charge in [0, 0.05) is 17.8 Å². The van der Waals surface area contributed by atoms with Crippen molar-refractivity contribution in [3.63, 3.8) is 0 Å².